The van der Waals surface area contributed by atoms with Crippen molar-refractivity contribution < 1.29 is 0 Å². The first-order valence-electron chi connectivity index (χ1n) is 13.8. The maximum absolute atomic E-state index is 2.81. The fraction of sp³-hybridized carbons (Fsp3) is 1.00. The summed E-state index contributed by atoms with van der Waals surface area (Å²) in [7, 11) is 0. The van der Waals surface area contributed by atoms with Gasteiger partial charge in [-0.25, -0.2) is 0 Å². The third-order valence-electron chi connectivity index (χ3n) is 13.4. The second kappa shape index (κ2) is 6.32. The number of rotatable bonds is 0. The average molecular weight is 413 g/mol. The van der Waals surface area contributed by atoms with Crippen LogP contribution in [0.15, 0.2) is 0 Å². The quantitative estimate of drug-likeness (QED) is 0.372. The van der Waals surface area contributed by atoms with Gasteiger partial charge in [0.25, 0.3) is 0 Å². The minimum absolute atomic E-state index is 0.560. The number of fused-ring (bicyclic) bond motifs is 7. The van der Waals surface area contributed by atoms with Gasteiger partial charge in [0, 0.05) is 0 Å². The molecule has 0 spiro atoms. The van der Waals surface area contributed by atoms with Crippen molar-refractivity contribution in [2.75, 3.05) is 0 Å². The molecule has 0 heterocycles. The Labute approximate surface area is 188 Å². The van der Waals surface area contributed by atoms with E-state index in [1.165, 1.54) is 77.0 Å². The molecule has 8 atom stereocenters. The van der Waals surface area contributed by atoms with Crippen LogP contribution in [-0.4, -0.2) is 0 Å². The van der Waals surface area contributed by atoms with Crippen LogP contribution in [0.4, 0.5) is 0 Å². The van der Waals surface area contributed by atoms with Crippen molar-refractivity contribution in [3.05, 3.63) is 0 Å². The lowest BCUT2D eigenvalue weighted by Crippen LogP contribution is -2.65. The minimum Gasteiger partial charge on any atom is -0.0599 e. The maximum Gasteiger partial charge on any atom is -0.0235 e. The molecule has 0 amide bonds. The monoisotopic (exact) mass is 412 g/mol. The van der Waals surface area contributed by atoms with Crippen molar-refractivity contribution in [1.29, 1.82) is 0 Å². The SMILES string of the molecule is CC1(C)CC[C@]2(C)CC[C@]3(C)C(CCC4[C@@]5(C)CCCC(C)(C)C5CC[C@]43C)[C@@H]2C1. The average Bonchev–Trinajstić information content (AvgIpc) is 2.63. The van der Waals surface area contributed by atoms with Crippen LogP contribution in [0.25, 0.3) is 0 Å². The van der Waals surface area contributed by atoms with E-state index in [1.54, 1.807) is 0 Å². The Hall–Kier alpha value is 0. The summed E-state index contributed by atoms with van der Waals surface area (Å²) in [5, 5.41) is 0. The molecule has 0 radical (unpaired) electrons. The highest BCUT2D eigenvalue weighted by atomic mass is 14.7. The maximum atomic E-state index is 2.81. The van der Waals surface area contributed by atoms with Gasteiger partial charge in [-0.2, -0.15) is 0 Å². The molecule has 5 rings (SSSR count). The molecule has 5 saturated carbocycles. The normalized spacial score (nSPS) is 56.8. The van der Waals surface area contributed by atoms with Gasteiger partial charge >= 0.3 is 0 Å². The molecule has 0 bridgehead atoms. The van der Waals surface area contributed by atoms with Crippen LogP contribution < -0.4 is 0 Å². The van der Waals surface area contributed by atoms with Gasteiger partial charge in [0.15, 0.2) is 0 Å². The second-order valence-corrected chi connectivity index (χ2v) is 15.6. The topological polar surface area (TPSA) is 0 Å². The molecule has 0 aromatic carbocycles. The van der Waals surface area contributed by atoms with Crippen molar-refractivity contribution in [3.63, 3.8) is 0 Å². The van der Waals surface area contributed by atoms with Crippen molar-refractivity contribution in [3.8, 4) is 0 Å². The molecule has 0 aliphatic heterocycles. The zero-order valence-electron chi connectivity index (χ0n) is 21.8. The van der Waals surface area contributed by atoms with Gasteiger partial charge in [-0.1, -0.05) is 61.8 Å². The first-order chi connectivity index (χ1) is 13.8. The van der Waals surface area contributed by atoms with E-state index in [1.807, 2.05) is 0 Å². The lowest BCUT2D eigenvalue weighted by Gasteiger charge is -2.73. The third-order valence-corrected chi connectivity index (χ3v) is 13.4. The van der Waals surface area contributed by atoms with Gasteiger partial charge in [-0.3, -0.25) is 0 Å². The molecule has 172 valence electrons. The standard InChI is InChI=1S/C30H52/c1-25(2)16-17-27(5)18-19-29(7)21(22(27)20-25)10-11-24-28(6)14-9-13-26(3,4)23(28)12-15-30(24,29)8/h21-24H,9-20H2,1-8H3/t21?,22-,23?,24?,27+,28-,29+,30+/m0/s1. The van der Waals surface area contributed by atoms with Gasteiger partial charge < -0.3 is 0 Å². The molecule has 0 heteroatoms. The highest BCUT2D eigenvalue weighted by molar-refractivity contribution is 5.17. The first kappa shape index (κ1) is 21.8. The predicted molar refractivity (Wildman–Crippen MR) is 129 cm³/mol. The number of hydrogen-bond acceptors (Lipinski definition) is 0. The van der Waals surface area contributed by atoms with E-state index in [0.717, 1.165) is 23.7 Å². The highest BCUT2D eigenvalue weighted by Gasteiger charge is 2.68. The Morgan fingerprint density at radius 3 is 1.97 bits per heavy atom. The third kappa shape index (κ3) is 2.70. The first-order valence-corrected chi connectivity index (χ1v) is 13.8. The van der Waals surface area contributed by atoms with Gasteiger partial charge in [0.1, 0.15) is 0 Å². The summed E-state index contributed by atoms with van der Waals surface area (Å²) < 4.78 is 0. The van der Waals surface area contributed by atoms with E-state index in [2.05, 4.69) is 55.4 Å². The van der Waals surface area contributed by atoms with E-state index in [-0.39, 0.29) is 0 Å². The minimum atomic E-state index is 0.560. The van der Waals surface area contributed by atoms with Gasteiger partial charge in [0.05, 0.1) is 0 Å². The van der Waals surface area contributed by atoms with E-state index < -0.39 is 0 Å². The molecule has 3 unspecified atom stereocenters. The Kier molecular flexibility index (Phi) is 4.59. The molecule has 5 aliphatic rings. The lowest BCUT2D eigenvalue weighted by molar-refractivity contribution is -0.243. The molecule has 0 aromatic rings. The Bertz CT molecular complexity index is 701. The fourth-order valence-electron chi connectivity index (χ4n) is 11.4. The smallest absolute Gasteiger partial charge is 0.0235 e. The van der Waals surface area contributed by atoms with Crippen LogP contribution in [0.1, 0.15) is 132 Å². The molecule has 30 heavy (non-hydrogen) atoms. The fourth-order valence-corrected chi connectivity index (χ4v) is 11.4. The lowest BCUT2D eigenvalue weighted by atomic mass is 9.31. The molecule has 0 saturated heterocycles. The van der Waals surface area contributed by atoms with Crippen LogP contribution >= 0.6 is 0 Å². The van der Waals surface area contributed by atoms with Crippen LogP contribution in [0.3, 0.4) is 0 Å². The molecule has 5 aliphatic carbocycles. The highest BCUT2D eigenvalue weighted by Crippen LogP contribution is 2.76. The van der Waals surface area contributed by atoms with Crippen molar-refractivity contribution in [2.45, 2.75) is 132 Å². The van der Waals surface area contributed by atoms with Crippen molar-refractivity contribution in [1.82, 2.24) is 0 Å². The Balaban J connectivity index is 1.53. The van der Waals surface area contributed by atoms with E-state index in [0.29, 0.717) is 32.5 Å². The number of hydrogen-bond donors (Lipinski definition) is 0. The van der Waals surface area contributed by atoms with Crippen LogP contribution in [0, 0.1) is 56.2 Å². The van der Waals surface area contributed by atoms with Crippen molar-refractivity contribution in [2.24, 2.45) is 56.2 Å². The van der Waals surface area contributed by atoms with Crippen LogP contribution in [0.5, 0.6) is 0 Å². The second-order valence-electron chi connectivity index (χ2n) is 15.6. The predicted octanol–water partition coefficient (Wildman–Crippen LogP) is 9.28. The zero-order valence-corrected chi connectivity index (χ0v) is 21.8. The molecular formula is C30H52. The summed E-state index contributed by atoms with van der Waals surface area (Å²) in [4.78, 5) is 0. The van der Waals surface area contributed by atoms with Crippen molar-refractivity contribution >= 4 is 0 Å². The van der Waals surface area contributed by atoms with E-state index in [4.69, 9.17) is 0 Å². The van der Waals surface area contributed by atoms with Crippen LogP contribution in [0.2, 0.25) is 0 Å². The molecular weight excluding hydrogens is 360 g/mol. The Morgan fingerprint density at radius 2 is 1.23 bits per heavy atom. The van der Waals surface area contributed by atoms with Crippen LogP contribution in [-0.2, 0) is 0 Å². The van der Waals surface area contributed by atoms with E-state index >= 15 is 0 Å². The summed E-state index contributed by atoms with van der Waals surface area (Å²) in [6.45, 7) is 21.4. The van der Waals surface area contributed by atoms with Gasteiger partial charge in [-0.05, 0) is 127 Å². The molecule has 5 fully saturated rings. The largest absolute Gasteiger partial charge is 0.0599 e. The zero-order chi connectivity index (χ0) is 21.8. The van der Waals surface area contributed by atoms with Gasteiger partial charge in [-0.15, -0.1) is 0 Å². The summed E-state index contributed by atoms with van der Waals surface area (Å²) in [5.41, 5.74) is 3.49. The molecule has 0 aromatic heterocycles. The summed E-state index contributed by atoms with van der Waals surface area (Å²) in [6.07, 6.45) is 18.0. The van der Waals surface area contributed by atoms with Gasteiger partial charge in [0.2, 0.25) is 0 Å². The van der Waals surface area contributed by atoms with E-state index in [9.17, 15) is 0 Å². The summed E-state index contributed by atoms with van der Waals surface area (Å²) in [6, 6.07) is 0. The summed E-state index contributed by atoms with van der Waals surface area (Å²) in [5.74, 6) is 3.88. The Morgan fingerprint density at radius 1 is 0.533 bits per heavy atom. The molecule has 0 nitrogen and oxygen atoms in total. The summed E-state index contributed by atoms with van der Waals surface area (Å²) >= 11 is 0. The molecule has 0 N–H and O–H groups in total.